The largest absolute Gasteiger partial charge is 0.465 e. The van der Waals surface area contributed by atoms with Gasteiger partial charge in [0.2, 0.25) is 0 Å². The van der Waals surface area contributed by atoms with Gasteiger partial charge in [0.1, 0.15) is 5.03 Å². The molecule has 2 aliphatic rings. The first-order valence-electron chi connectivity index (χ1n) is 8.99. The molecule has 0 radical (unpaired) electrons. The lowest BCUT2D eigenvalue weighted by Gasteiger charge is -2.39. The van der Waals surface area contributed by atoms with Crippen LogP contribution >= 0.6 is 23.2 Å². The maximum absolute atomic E-state index is 13.2. The average Bonchev–Trinajstić information content (AvgIpc) is 2.92. The first kappa shape index (κ1) is 19.1. The van der Waals surface area contributed by atoms with Gasteiger partial charge in [-0.3, -0.25) is 4.79 Å². The first-order chi connectivity index (χ1) is 13.3. The number of nitrogens with zero attached hydrogens (tertiary/aromatic N) is 2. The van der Waals surface area contributed by atoms with Gasteiger partial charge in [-0.25, -0.2) is 4.79 Å². The molecule has 1 aliphatic carbocycles. The summed E-state index contributed by atoms with van der Waals surface area (Å²) in [5, 5.41) is 0.653. The van der Waals surface area contributed by atoms with Crippen molar-refractivity contribution in [1.82, 2.24) is 9.47 Å². The van der Waals surface area contributed by atoms with Crippen LogP contribution in [0.2, 0.25) is 0 Å². The van der Waals surface area contributed by atoms with Crippen molar-refractivity contribution >= 4 is 45.9 Å². The fourth-order valence-electron chi connectivity index (χ4n) is 4.44. The number of para-hydroxylation sites is 1. The van der Waals surface area contributed by atoms with Gasteiger partial charge in [-0.05, 0) is 17.7 Å². The zero-order chi connectivity index (χ0) is 20.2. The SMILES string of the molecule is COC(=O)/C(Cl)=C/C1=CN(C)[C@H]2c3c(n(C)c4ccccc34)C(=O)C[C@@H]1[C@@H]2Cl. The van der Waals surface area contributed by atoms with Crippen molar-refractivity contribution in [3.05, 3.63) is 58.4 Å². The Bertz CT molecular complexity index is 1050. The summed E-state index contributed by atoms with van der Waals surface area (Å²) < 4.78 is 6.64. The summed E-state index contributed by atoms with van der Waals surface area (Å²) in [6, 6.07) is 7.83. The molecule has 0 saturated heterocycles. The Morgan fingerprint density at radius 1 is 1.29 bits per heavy atom. The summed E-state index contributed by atoms with van der Waals surface area (Å²) in [5.74, 6) is -0.830. The predicted octanol–water partition coefficient (Wildman–Crippen LogP) is 4.15. The van der Waals surface area contributed by atoms with Crippen molar-refractivity contribution in [2.24, 2.45) is 13.0 Å². The number of Topliss-reactive ketones (excluding diaryl/α,β-unsaturated/α-hetero) is 1. The van der Waals surface area contributed by atoms with E-state index in [4.69, 9.17) is 23.2 Å². The van der Waals surface area contributed by atoms with E-state index in [0.29, 0.717) is 5.69 Å². The third kappa shape index (κ3) is 2.76. The fourth-order valence-corrected chi connectivity index (χ4v) is 5.18. The molecule has 7 heteroatoms. The summed E-state index contributed by atoms with van der Waals surface area (Å²) in [5.41, 5.74) is 3.43. The number of methoxy groups -OCH3 is 1. The number of carbonyl (C=O) groups is 2. The molecule has 0 saturated carbocycles. The molecule has 3 atom stereocenters. The van der Waals surface area contributed by atoms with Gasteiger partial charge in [0.25, 0.3) is 0 Å². The zero-order valence-electron chi connectivity index (χ0n) is 15.8. The van der Waals surface area contributed by atoms with Crippen molar-refractivity contribution in [3.63, 3.8) is 0 Å². The van der Waals surface area contributed by atoms with Crippen molar-refractivity contribution in [2.45, 2.75) is 17.8 Å². The molecule has 0 amide bonds. The molecule has 0 unspecified atom stereocenters. The number of allylic oxidation sites excluding steroid dienone is 2. The summed E-state index contributed by atoms with van der Waals surface area (Å²) >= 11 is 13.0. The first-order valence-corrected chi connectivity index (χ1v) is 9.80. The standard InChI is InChI=1S/C21H20Cl2N2O3/c1-24-10-11(8-14(22)21(27)28-3)13-9-16(26)19-17(20(24)18(13)23)12-6-4-5-7-15(12)25(19)2/h4-8,10,13,18,20H,9H2,1-3H3/b14-8-/t13-,18-,20-/m0/s1. The maximum atomic E-state index is 13.2. The zero-order valence-corrected chi connectivity index (χ0v) is 17.3. The fraction of sp³-hybridized carbons (Fsp3) is 0.333. The minimum atomic E-state index is -0.618. The number of hydrogen-bond acceptors (Lipinski definition) is 4. The highest BCUT2D eigenvalue weighted by Crippen LogP contribution is 2.48. The number of ether oxygens (including phenoxy) is 1. The molecule has 0 spiro atoms. The van der Waals surface area contributed by atoms with Crippen LogP contribution in [0.3, 0.4) is 0 Å². The molecule has 4 rings (SSSR count). The van der Waals surface area contributed by atoms with Crippen LogP contribution in [0.5, 0.6) is 0 Å². The number of aryl methyl sites for hydroxylation is 1. The van der Waals surface area contributed by atoms with E-state index in [9.17, 15) is 9.59 Å². The molecule has 146 valence electrons. The highest BCUT2D eigenvalue weighted by Gasteiger charge is 2.44. The van der Waals surface area contributed by atoms with Crippen LogP contribution in [0.1, 0.15) is 28.5 Å². The highest BCUT2D eigenvalue weighted by atomic mass is 35.5. The number of esters is 1. The van der Waals surface area contributed by atoms with Gasteiger partial charge in [0.15, 0.2) is 5.78 Å². The van der Waals surface area contributed by atoms with E-state index in [-0.39, 0.29) is 34.6 Å². The Morgan fingerprint density at radius 3 is 2.71 bits per heavy atom. The number of rotatable bonds is 2. The molecule has 28 heavy (non-hydrogen) atoms. The Morgan fingerprint density at radius 2 is 2.00 bits per heavy atom. The second kappa shape index (κ2) is 6.98. The number of benzene rings is 1. The van der Waals surface area contributed by atoms with E-state index in [0.717, 1.165) is 22.0 Å². The topological polar surface area (TPSA) is 51.5 Å². The third-order valence-electron chi connectivity index (χ3n) is 5.69. The molecule has 2 heterocycles. The highest BCUT2D eigenvalue weighted by molar-refractivity contribution is 6.41. The van der Waals surface area contributed by atoms with E-state index < -0.39 is 5.97 Å². The van der Waals surface area contributed by atoms with Gasteiger partial charge >= 0.3 is 5.97 Å². The second-order valence-electron chi connectivity index (χ2n) is 7.24. The number of carbonyl (C=O) groups excluding carboxylic acids is 2. The summed E-state index contributed by atoms with van der Waals surface area (Å²) in [6.45, 7) is 0. The van der Waals surface area contributed by atoms with Crippen LogP contribution < -0.4 is 0 Å². The van der Waals surface area contributed by atoms with Crippen LogP contribution in [0.25, 0.3) is 10.9 Å². The van der Waals surface area contributed by atoms with Crippen molar-refractivity contribution in [2.75, 3.05) is 14.2 Å². The Balaban J connectivity index is 1.90. The van der Waals surface area contributed by atoms with Gasteiger partial charge in [0.05, 0.1) is 24.2 Å². The summed E-state index contributed by atoms with van der Waals surface area (Å²) in [4.78, 5) is 27.0. The maximum Gasteiger partial charge on any atom is 0.349 e. The van der Waals surface area contributed by atoms with Crippen LogP contribution in [0.15, 0.2) is 47.1 Å². The molecule has 0 fully saturated rings. The molecule has 5 nitrogen and oxygen atoms in total. The Kier molecular flexibility index (Phi) is 4.76. The predicted molar refractivity (Wildman–Crippen MR) is 110 cm³/mol. The second-order valence-corrected chi connectivity index (χ2v) is 8.15. The van der Waals surface area contributed by atoms with Crippen molar-refractivity contribution in [1.29, 1.82) is 0 Å². The molecule has 0 N–H and O–H groups in total. The van der Waals surface area contributed by atoms with Crippen LogP contribution in [0.4, 0.5) is 0 Å². The summed E-state index contributed by atoms with van der Waals surface area (Å²) in [7, 11) is 5.12. The number of alkyl halides is 1. The molecule has 1 aromatic carbocycles. The van der Waals surface area contributed by atoms with Gasteiger partial charge in [-0.15, -0.1) is 11.6 Å². The van der Waals surface area contributed by atoms with Gasteiger partial charge in [-0.2, -0.15) is 0 Å². The molecule has 2 bridgehead atoms. The van der Waals surface area contributed by atoms with Crippen LogP contribution in [-0.4, -0.2) is 40.8 Å². The number of aromatic nitrogens is 1. The minimum Gasteiger partial charge on any atom is -0.465 e. The van der Waals surface area contributed by atoms with E-state index in [1.807, 2.05) is 54.0 Å². The summed E-state index contributed by atoms with van der Waals surface area (Å²) in [6.07, 6.45) is 3.73. The molecular weight excluding hydrogens is 399 g/mol. The Labute approximate surface area is 173 Å². The van der Waals surface area contributed by atoms with E-state index in [1.54, 1.807) is 6.08 Å². The number of hydrogen-bond donors (Lipinski definition) is 0. The Hall–Kier alpha value is -2.24. The van der Waals surface area contributed by atoms with E-state index >= 15 is 0 Å². The van der Waals surface area contributed by atoms with Crippen LogP contribution in [0, 0.1) is 5.92 Å². The van der Waals surface area contributed by atoms with E-state index in [2.05, 4.69) is 4.74 Å². The average molecular weight is 419 g/mol. The van der Waals surface area contributed by atoms with Gasteiger partial charge < -0.3 is 14.2 Å². The smallest absolute Gasteiger partial charge is 0.349 e. The normalized spacial score (nSPS) is 24.7. The van der Waals surface area contributed by atoms with E-state index in [1.165, 1.54) is 7.11 Å². The van der Waals surface area contributed by atoms with Gasteiger partial charge in [0, 0.05) is 49.1 Å². The lowest BCUT2D eigenvalue weighted by molar-refractivity contribution is -0.135. The third-order valence-corrected chi connectivity index (χ3v) is 6.50. The molecule has 2 aromatic rings. The van der Waals surface area contributed by atoms with Crippen LogP contribution in [-0.2, 0) is 16.6 Å². The van der Waals surface area contributed by atoms with Crippen molar-refractivity contribution in [3.8, 4) is 0 Å². The number of halogens is 2. The number of ketones is 1. The van der Waals surface area contributed by atoms with Crippen molar-refractivity contribution < 1.29 is 14.3 Å². The molecule has 1 aliphatic heterocycles. The molecule has 1 aromatic heterocycles. The minimum absolute atomic E-state index is 0.0376. The van der Waals surface area contributed by atoms with Gasteiger partial charge in [-0.1, -0.05) is 29.8 Å². The lowest BCUT2D eigenvalue weighted by atomic mass is 9.84. The molecular formula is C21H20Cl2N2O3. The monoisotopic (exact) mass is 418 g/mol. The quantitative estimate of drug-likeness (QED) is 0.417. The lowest BCUT2D eigenvalue weighted by Crippen LogP contribution is -2.37. The number of fused-ring (bicyclic) bond motifs is 6.